The van der Waals surface area contributed by atoms with Crippen LogP contribution in [0.25, 0.3) is 0 Å². The molecule has 2 heterocycles. The second-order valence-corrected chi connectivity index (χ2v) is 5.69. The van der Waals surface area contributed by atoms with Crippen molar-refractivity contribution in [3.63, 3.8) is 0 Å². The van der Waals surface area contributed by atoms with Crippen molar-refractivity contribution < 1.29 is 4.79 Å². The minimum absolute atomic E-state index is 0.0859. The van der Waals surface area contributed by atoms with Gasteiger partial charge in [-0.2, -0.15) is 0 Å². The Balaban J connectivity index is 1.84. The van der Waals surface area contributed by atoms with E-state index in [1.807, 2.05) is 28.5 Å². The molecule has 1 aromatic heterocycles. The molecule has 0 spiro atoms. The highest BCUT2D eigenvalue weighted by Crippen LogP contribution is 2.32. The zero-order chi connectivity index (χ0) is 13.4. The third-order valence-corrected chi connectivity index (χ3v) is 4.10. The number of hydrogen-bond acceptors (Lipinski definition) is 4. The zero-order valence-corrected chi connectivity index (χ0v) is 11.5. The van der Waals surface area contributed by atoms with Gasteiger partial charge in [0.25, 0.3) is 0 Å². The van der Waals surface area contributed by atoms with E-state index in [0.717, 1.165) is 17.8 Å². The number of thiazole rings is 1. The maximum absolute atomic E-state index is 12.4. The van der Waals surface area contributed by atoms with Crippen LogP contribution in [0.3, 0.4) is 0 Å². The van der Waals surface area contributed by atoms with Gasteiger partial charge in [0.05, 0.1) is 12.1 Å². The highest BCUT2D eigenvalue weighted by Gasteiger charge is 2.30. The summed E-state index contributed by atoms with van der Waals surface area (Å²) < 4.78 is 0. The van der Waals surface area contributed by atoms with Crippen LogP contribution in [0.15, 0.2) is 29.6 Å². The summed E-state index contributed by atoms with van der Waals surface area (Å²) in [7, 11) is 0. The first kappa shape index (κ1) is 12.2. The largest absolute Gasteiger partial charge is 0.375 e. The second kappa shape index (κ2) is 4.66. The first-order chi connectivity index (χ1) is 9.15. The molecule has 0 saturated heterocycles. The molecule has 5 heteroatoms. The Hall–Kier alpha value is -1.88. The van der Waals surface area contributed by atoms with Crippen molar-refractivity contribution in [2.24, 2.45) is 0 Å². The van der Waals surface area contributed by atoms with Gasteiger partial charge in [-0.25, -0.2) is 4.98 Å². The van der Waals surface area contributed by atoms with Crippen molar-refractivity contribution in [2.75, 3.05) is 10.6 Å². The van der Waals surface area contributed by atoms with Crippen molar-refractivity contribution >= 4 is 28.1 Å². The molecule has 0 radical (unpaired) electrons. The number of nitrogens with two attached hydrogens (primary N) is 1. The standard InChI is InChI=1S/C14H15N3OS/c1-9-6-10-4-2-3-5-12(10)17(9)13(18)7-11-8-19-14(15)16-11/h2-5,8-9H,6-7H2,1H3,(H2,15,16). The van der Waals surface area contributed by atoms with Crippen LogP contribution in [0.1, 0.15) is 18.2 Å². The Kier molecular flexibility index (Phi) is 2.98. The fourth-order valence-corrected chi connectivity index (χ4v) is 3.15. The summed E-state index contributed by atoms with van der Waals surface area (Å²) in [5, 5.41) is 2.36. The van der Waals surface area contributed by atoms with Crippen molar-refractivity contribution in [1.82, 2.24) is 4.98 Å². The number of fused-ring (bicyclic) bond motifs is 1. The maximum atomic E-state index is 12.4. The molecule has 2 aromatic rings. The molecule has 4 nitrogen and oxygen atoms in total. The molecule has 1 aliphatic rings. The molecule has 1 atom stereocenters. The van der Waals surface area contributed by atoms with E-state index >= 15 is 0 Å². The number of carbonyl (C=O) groups excluding carboxylic acids is 1. The number of carbonyl (C=O) groups is 1. The monoisotopic (exact) mass is 273 g/mol. The first-order valence-corrected chi connectivity index (χ1v) is 7.13. The van der Waals surface area contributed by atoms with Gasteiger partial charge in [0.2, 0.25) is 5.91 Å². The summed E-state index contributed by atoms with van der Waals surface area (Å²) in [6.07, 6.45) is 1.23. The van der Waals surface area contributed by atoms with E-state index in [0.29, 0.717) is 11.6 Å². The lowest BCUT2D eigenvalue weighted by Gasteiger charge is -2.22. The van der Waals surface area contributed by atoms with Gasteiger partial charge in [-0.3, -0.25) is 4.79 Å². The van der Waals surface area contributed by atoms with Crippen molar-refractivity contribution in [3.8, 4) is 0 Å². The predicted molar refractivity (Wildman–Crippen MR) is 77.3 cm³/mol. The Morgan fingerprint density at radius 2 is 2.32 bits per heavy atom. The first-order valence-electron chi connectivity index (χ1n) is 6.25. The van der Waals surface area contributed by atoms with Crippen molar-refractivity contribution in [1.29, 1.82) is 0 Å². The van der Waals surface area contributed by atoms with Gasteiger partial charge in [-0.15, -0.1) is 11.3 Å². The van der Waals surface area contributed by atoms with Gasteiger partial charge in [-0.1, -0.05) is 18.2 Å². The van der Waals surface area contributed by atoms with Gasteiger partial charge < -0.3 is 10.6 Å². The van der Waals surface area contributed by atoms with Crippen LogP contribution in [0, 0.1) is 0 Å². The molecule has 0 fully saturated rings. The highest BCUT2D eigenvalue weighted by molar-refractivity contribution is 7.13. The van der Waals surface area contributed by atoms with Crippen LogP contribution < -0.4 is 10.6 Å². The number of benzene rings is 1. The Morgan fingerprint density at radius 1 is 1.53 bits per heavy atom. The molecule has 1 aromatic carbocycles. The molecule has 19 heavy (non-hydrogen) atoms. The summed E-state index contributed by atoms with van der Waals surface area (Å²) >= 11 is 1.37. The SMILES string of the molecule is CC1Cc2ccccc2N1C(=O)Cc1csc(N)n1. The third kappa shape index (κ3) is 2.21. The van der Waals surface area contributed by atoms with E-state index in [-0.39, 0.29) is 11.9 Å². The second-order valence-electron chi connectivity index (χ2n) is 4.80. The Labute approximate surface area is 115 Å². The highest BCUT2D eigenvalue weighted by atomic mass is 32.1. The molecule has 0 aliphatic carbocycles. The Bertz CT molecular complexity index is 623. The lowest BCUT2D eigenvalue weighted by Crippen LogP contribution is -2.36. The molecular weight excluding hydrogens is 258 g/mol. The van der Waals surface area contributed by atoms with Gasteiger partial charge in [0.15, 0.2) is 5.13 Å². The topological polar surface area (TPSA) is 59.2 Å². The average molecular weight is 273 g/mol. The molecule has 98 valence electrons. The smallest absolute Gasteiger partial charge is 0.233 e. The average Bonchev–Trinajstić information content (AvgIpc) is 2.91. The van der Waals surface area contributed by atoms with Crippen LogP contribution in [0.4, 0.5) is 10.8 Å². The Morgan fingerprint density at radius 3 is 3.05 bits per heavy atom. The zero-order valence-electron chi connectivity index (χ0n) is 10.7. The normalized spacial score (nSPS) is 17.5. The number of anilines is 2. The molecule has 1 unspecified atom stereocenters. The summed E-state index contributed by atoms with van der Waals surface area (Å²) in [6.45, 7) is 2.08. The molecule has 0 saturated carbocycles. The number of nitrogen functional groups attached to an aromatic ring is 1. The van der Waals surface area contributed by atoms with Gasteiger partial charge in [-0.05, 0) is 25.0 Å². The molecule has 1 amide bonds. The minimum Gasteiger partial charge on any atom is -0.375 e. The molecule has 3 rings (SSSR count). The van der Waals surface area contributed by atoms with Crippen LogP contribution in [0.5, 0.6) is 0 Å². The maximum Gasteiger partial charge on any atom is 0.233 e. The number of para-hydroxylation sites is 1. The summed E-state index contributed by atoms with van der Waals surface area (Å²) in [5.74, 6) is 0.0859. The number of amides is 1. The van der Waals surface area contributed by atoms with Crippen LogP contribution in [-0.4, -0.2) is 16.9 Å². The quantitative estimate of drug-likeness (QED) is 0.913. The van der Waals surface area contributed by atoms with Crippen LogP contribution in [0.2, 0.25) is 0 Å². The van der Waals surface area contributed by atoms with Gasteiger partial charge >= 0.3 is 0 Å². The molecular formula is C14H15N3OS. The van der Waals surface area contributed by atoms with Crippen LogP contribution >= 0.6 is 11.3 Å². The van der Waals surface area contributed by atoms with E-state index in [2.05, 4.69) is 18.0 Å². The molecule has 2 N–H and O–H groups in total. The molecule has 1 aliphatic heterocycles. The fourth-order valence-electron chi connectivity index (χ4n) is 2.59. The summed E-state index contributed by atoms with van der Waals surface area (Å²) in [6, 6.07) is 8.28. The minimum atomic E-state index is 0.0859. The van der Waals surface area contributed by atoms with Crippen LogP contribution in [-0.2, 0) is 17.6 Å². The van der Waals surface area contributed by atoms with Crippen molar-refractivity contribution in [3.05, 3.63) is 40.9 Å². The van der Waals surface area contributed by atoms with Crippen molar-refractivity contribution in [2.45, 2.75) is 25.8 Å². The lowest BCUT2D eigenvalue weighted by molar-refractivity contribution is -0.118. The molecule has 0 bridgehead atoms. The van der Waals surface area contributed by atoms with Gasteiger partial charge in [0.1, 0.15) is 0 Å². The van der Waals surface area contributed by atoms with E-state index in [1.165, 1.54) is 16.9 Å². The van der Waals surface area contributed by atoms with Gasteiger partial charge in [0, 0.05) is 17.1 Å². The summed E-state index contributed by atoms with van der Waals surface area (Å²) in [5.41, 5.74) is 8.62. The third-order valence-electron chi connectivity index (χ3n) is 3.38. The predicted octanol–water partition coefficient (Wildman–Crippen LogP) is 2.25. The van der Waals surface area contributed by atoms with E-state index in [9.17, 15) is 4.79 Å². The van der Waals surface area contributed by atoms with E-state index in [4.69, 9.17) is 5.73 Å². The fraction of sp³-hybridized carbons (Fsp3) is 0.286. The number of rotatable bonds is 2. The number of nitrogens with zero attached hydrogens (tertiary/aromatic N) is 2. The van der Waals surface area contributed by atoms with E-state index < -0.39 is 0 Å². The lowest BCUT2D eigenvalue weighted by atomic mass is 10.1. The number of aromatic nitrogens is 1. The summed E-state index contributed by atoms with van der Waals surface area (Å²) in [4.78, 5) is 18.5. The number of hydrogen-bond donors (Lipinski definition) is 1. The van der Waals surface area contributed by atoms with E-state index in [1.54, 1.807) is 0 Å².